The summed E-state index contributed by atoms with van der Waals surface area (Å²) in [5.74, 6) is -2.63. The number of hydrogen-bond acceptors (Lipinski definition) is 4. The van der Waals surface area contributed by atoms with Crippen LogP contribution in [0.15, 0.2) is 18.5 Å². The number of carbonyl (C=O) groups is 1. The second-order valence-corrected chi connectivity index (χ2v) is 5.87. The second-order valence-electron chi connectivity index (χ2n) is 5.87. The molecule has 0 atom stereocenters. The first-order valence-electron chi connectivity index (χ1n) is 6.72. The third-order valence-corrected chi connectivity index (χ3v) is 2.76. The van der Waals surface area contributed by atoms with Crippen LogP contribution in [0.4, 0.5) is 14.5 Å². The van der Waals surface area contributed by atoms with Gasteiger partial charge >= 0.3 is 0 Å². The predicted molar refractivity (Wildman–Crippen MR) is 77.3 cm³/mol. The molecule has 1 amide bonds. The number of ether oxygens (including phenoxy) is 2. The molecule has 0 spiro atoms. The number of hydrogen-bond donors (Lipinski definition) is 2. The van der Waals surface area contributed by atoms with Crippen molar-refractivity contribution < 1.29 is 23.0 Å². The minimum absolute atomic E-state index is 0.0284. The summed E-state index contributed by atoms with van der Waals surface area (Å²) >= 11 is 0. The molecule has 0 saturated carbocycles. The van der Waals surface area contributed by atoms with E-state index in [1.807, 2.05) is 20.8 Å². The fourth-order valence-electron chi connectivity index (χ4n) is 1.95. The van der Waals surface area contributed by atoms with Gasteiger partial charge in [-0.2, -0.15) is 4.39 Å². The van der Waals surface area contributed by atoms with Gasteiger partial charge in [-0.25, -0.2) is 4.39 Å². The van der Waals surface area contributed by atoms with Crippen LogP contribution >= 0.6 is 0 Å². The Balaban J connectivity index is 2.15. The Morgan fingerprint density at radius 3 is 2.77 bits per heavy atom. The summed E-state index contributed by atoms with van der Waals surface area (Å²) < 4.78 is 38.3. The van der Waals surface area contributed by atoms with Gasteiger partial charge in [0.25, 0.3) is 5.91 Å². The highest BCUT2D eigenvalue weighted by Crippen LogP contribution is 2.34. The van der Waals surface area contributed by atoms with Crippen molar-refractivity contribution in [1.82, 2.24) is 5.32 Å². The highest BCUT2D eigenvalue weighted by Gasteiger charge is 2.25. The van der Waals surface area contributed by atoms with Crippen LogP contribution in [0, 0.1) is 11.6 Å². The van der Waals surface area contributed by atoms with Gasteiger partial charge in [-0.15, -0.1) is 0 Å². The molecule has 0 saturated heterocycles. The van der Waals surface area contributed by atoms with E-state index in [9.17, 15) is 13.6 Å². The van der Waals surface area contributed by atoms with Gasteiger partial charge in [0.05, 0.1) is 5.69 Å². The zero-order valence-electron chi connectivity index (χ0n) is 12.7. The molecule has 1 aromatic rings. The van der Waals surface area contributed by atoms with E-state index >= 15 is 0 Å². The predicted octanol–water partition coefficient (Wildman–Crippen LogP) is 2.67. The molecule has 120 valence electrons. The molecular formula is C15H18F2N2O3. The minimum Gasteiger partial charge on any atom is -0.478 e. The highest BCUT2D eigenvalue weighted by atomic mass is 19.2. The first kappa shape index (κ1) is 16.1. The monoisotopic (exact) mass is 312 g/mol. The topological polar surface area (TPSA) is 59.6 Å². The number of amides is 1. The number of benzene rings is 1. The molecular weight excluding hydrogens is 294 g/mol. The lowest BCUT2D eigenvalue weighted by atomic mass is 10.1. The Hall–Kier alpha value is -2.31. The van der Waals surface area contributed by atoms with Crippen molar-refractivity contribution in [2.75, 3.05) is 11.9 Å². The average molecular weight is 312 g/mol. The summed E-state index contributed by atoms with van der Waals surface area (Å²) in [6, 6.07) is 1.32. The molecule has 5 nitrogen and oxygen atoms in total. The van der Waals surface area contributed by atoms with Crippen LogP contribution in [0.1, 0.15) is 26.3 Å². The van der Waals surface area contributed by atoms with E-state index in [0.717, 1.165) is 0 Å². The van der Waals surface area contributed by atoms with Crippen molar-refractivity contribution in [3.63, 3.8) is 0 Å². The molecule has 1 aromatic carbocycles. The normalized spacial score (nSPS) is 13.8. The molecule has 1 aliphatic heterocycles. The number of anilines is 1. The van der Waals surface area contributed by atoms with E-state index in [0.29, 0.717) is 0 Å². The van der Waals surface area contributed by atoms with Crippen molar-refractivity contribution in [2.24, 2.45) is 0 Å². The van der Waals surface area contributed by atoms with Gasteiger partial charge in [0.1, 0.15) is 5.60 Å². The van der Waals surface area contributed by atoms with Gasteiger partial charge in [0, 0.05) is 12.1 Å². The van der Waals surface area contributed by atoms with Gasteiger partial charge in [-0.1, -0.05) is 0 Å². The quantitative estimate of drug-likeness (QED) is 0.839. The van der Waals surface area contributed by atoms with E-state index in [1.54, 1.807) is 0 Å². The van der Waals surface area contributed by atoms with Gasteiger partial charge in [0.15, 0.2) is 24.1 Å². The number of nitrogens with one attached hydrogen (secondary N) is 2. The van der Waals surface area contributed by atoms with E-state index in [4.69, 9.17) is 9.47 Å². The smallest absolute Gasteiger partial charge is 0.262 e. The Kier molecular flexibility index (Phi) is 4.25. The number of fused-ring (bicyclic) bond motifs is 1. The van der Waals surface area contributed by atoms with E-state index in [2.05, 4.69) is 17.2 Å². The molecule has 7 heteroatoms. The van der Waals surface area contributed by atoms with Crippen molar-refractivity contribution in [3.8, 4) is 5.75 Å². The maximum Gasteiger partial charge on any atom is 0.262 e. The molecule has 0 radical (unpaired) electrons. The third kappa shape index (κ3) is 3.66. The SMILES string of the molecule is C=C(NCc1cc2c(c(F)c1F)OCC(=O)N2)OC(C)(C)C. The van der Waals surface area contributed by atoms with Crippen LogP contribution in [0.2, 0.25) is 0 Å². The van der Waals surface area contributed by atoms with E-state index in [1.165, 1.54) is 6.07 Å². The van der Waals surface area contributed by atoms with Crippen LogP contribution in [0.3, 0.4) is 0 Å². The maximum atomic E-state index is 14.0. The largest absolute Gasteiger partial charge is 0.478 e. The Morgan fingerprint density at radius 1 is 1.45 bits per heavy atom. The van der Waals surface area contributed by atoms with E-state index in [-0.39, 0.29) is 36.0 Å². The Morgan fingerprint density at radius 2 is 2.14 bits per heavy atom. The summed E-state index contributed by atoms with van der Waals surface area (Å²) in [6.45, 7) is 8.80. The minimum atomic E-state index is -1.13. The van der Waals surface area contributed by atoms with Crippen LogP contribution in [0.25, 0.3) is 0 Å². The summed E-state index contributed by atoms with van der Waals surface area (Å²) in [6.07, 6.45) is 0. The van der Waals surface area contributed by atoms with Crippen molar-refractivity contribution in [3.05, 3.63) is 35.7 Å². The summed E-state index contributed by atoms with van der Waals surface area (Å²) in [7, 11) is 0. The van der Waals surface area contributed by atoms with Crippen molar-refractivity contribution >= 4 is 11.6 Å². The van der Waals surface area contributed by atoms with Crippen LogP contribution < -0.4 is 15.4 Å². The number of rotatable bonds is 4. The van der Waals surface area contributed by atoms with E-state index < -0.39 is 23.1 Å². The highest BCUT2D eigenvalue weighted by molar-refractivity contribution is 5.95. The molecule has 0 aliphatic carbocycles. The lowest BCUT2D eigenvalue weighted by Gasteiger charge is -2.24. The van der Waals surface area contributed by atoms with Crippen LogP contribution in [-0.2, 0) is 16.1 Å². The molecule has 0 aromatic heterocycles. The maximum absolute atomic E-state index is 14.0. The summed E-state index contributed by atoms with van der Waals surface area (Å²) in [5.41, 5.74) is -0.319. The Labute approximate surface area is 127 Å². The molecule has 2 rings (SSSR count). The van der Waals surface area contributed by atoms with Gasteiger partial charge in [-0.3, -0.25) is 4.79 Å². The number of halogens is 2. The van der Waals surface area contributed by atoms with Gasteiger partial charge in [0.2, 0.25) is 5.82 Å². The molecule has 22 heavy (non-hydrogen) atoms. The lowest BCUT2D eigenvalue weighted by Crippen LogP contribution is -2.27. The molecule has 1 aliphatic rings. The zero-order chi connectivity index (χ0) is 16.5. The van der Waals surface area contributed by atoms with Crippen molar-refractivity contribution in [2.45, 2.75) is 32.9 Å². The van der Waals surface area contributed by atoms with Gasteiger partial charge < -0.3 is 20.1 Å². The first-order chi connectivity index (χ1) is 10.2. The molecule has 0 bridgehead atoms. The fourth-order valence-corrected chi connectivity index (χ4v) is 1.95. The van der Waals surface area contributed by atoms with Crippen molar-refractivity contribution in [1.29, 1.82) is 0 Å². The van der Waals surface area contributed by atoms with Crippen LogP contribution in [-0.4, -0.2) is 18.1 Å². The zero-order valence-corrected chi connectivity index (χ0v) is 12.7. The van der Waals surface area contributed by atoms with Crippen LogP contribution in [0.5, 0.6) is 5.75 Å². The molecule has 0 fully saturated rings. The second kappa shape index (κ2) is 5.82. The molecule has 0 unspecified atom stereocenters. The standard InChI is InChI=1S/C15H18F2N2O3/c1-8(22-15(2,3)4)18-6-9-5-10-14(13(17)12(9)16)21-7-11(20)19-10/h5,18H,1,6-7H2,2-4H3,(H,19,20). The molecule has 1 heterocycles. The summed E-state index contributed by atoms with van der Waals surface area (Å²) in [4.78, 5) is 11.3. The lowest BCUT2D eigenvalue weighted by molar-refractivity contribution is -0.118. The molecule has 2 N–H and O–H groups in total. The first-order valence-corrected chi connectivity index (χ1v) is 6.72. The number of carbonyl (C=O) groups excluding carboxylic acids is 1. The van der Waals surface area contributed by atoms with Gasteiger partial charge in [-0.05, 0) is 33.4 Å². The average Bonchev–Trinajstić information content (AvgIpc) is 2.39. The fraction of sp³-hybridized carbons (Fsp3) is 0.400. The Bertz CT molecular complexity index is 624. The third-order valence-electron chi connectivity index (χ3n) is 2.76. The summed E-state index contributed by atoms with van der Waals surface area (Å²) in [5, 5.41) is 5.21.